The quantitative estimate of drug-likeness (QED) is 0.523. The summed E-state index contributed by atoms with van der Waals surface area (Å²) in [4.78, 5) is 0. The molecule has 0 bridgehead atoms. The molecule has 0 saturated carbocycles. The van der Waals surface area contributed by atoms with Crippen molar-refractivity contribution in [1.82, 2.24) is 5.06 Å². The maximum absolute atomic E-state index is 8.60. The maximum Gasteiger partial charge on any atom is 0.370 e. The molecule has 0 aromatic rings. The van der Waals surface area contributed by atoms with Crippen LogP contribution in [0.1, 0.15) is 34.6 Å². The van der Waals surface area contributed by atoms with Crippen molar-refractivity contribution >= 4 is 20.5 Å². The van der Waals surface area contributed by atoms with Crippen LogP contribution in [0.3, 0.4) is 0 Å². The van der Waals surface area contributed by atoms with Crippen LogP contribution >= 0.6 is 20.5 Å². The van der Waals surface area contributed by atoms with Crippen molar-refractivity contribution in [2.45, 2.75) is 52.8 Å². The van der Waals surface area contributed by atoms with Crippen LogP contribution in [-0.2, 0) is 13.2 Å². The van der Waals surface area contributed by atoms with Gasteiger partial charge in [0.05, 0.1) is 17.9 Å². The van der Waals surface area contributed by atoms with Crippen molar-refractivity contribution < 1.29 is 13.2 Å². The maximum atomic E-state index is 8.60. The van der Waals surface area contributed by atoms with Crippen LogP contribution in [0.5, 0.6) is 0 Å². The Balaban J connectivity index is 4.33. The van der Waals surface area contributed by atoms with E-state index >= 15 is 0 Å². The molecule has 94 valence electrons. The number of hydrogen-bond acceptors (Lipinski definition) is 5. The van der Waals surface area contributed by atoms with Crippen LogP contribution in [0.2, 0.25) is 0 Å². The Morgan fingerprint density at radius 2 is 1.69 bits per heavy atom. The van der Waals surface area contributed by atoms with Gasteiger partial charge in [-0.2, -0.15) is 14.4 Å². The lowest BCUT2D eigenvalue weighted by Crippen LogP contribution is -2.35. The highest BCUT2D eigenvalue weighted by molar-refractivity contribution is 7.42. The highest BCUT2D eigenvalue weighted by Crippen LogP contribution is 2.44. The Morgan fingerprint density at radius 3 is 2.00 bits per heavy atom. The highest BCUT2D eigenvalue weighted by Gasteiger charge is 2.24. The summed E-state index contributed by atoms with van der Waals surface area (Å²) in [5.74, 6) is 0. The van der Waals surface area contributed by atoms with Crippen molar-refractivity contribution in [2.24, 2.45) is 0 Å². The van der Waals surface area contributed by atoms with E-state index < -0.39 is 14.7 Å². The van der Waals surface area contributed by atoms with E-state index in [0.29, 0.717) is 0 Å². The van der Waals surface area contributed by atoms with E-state index in [4.69, 9.17) is 26.3 Å². The van der Waals surface area contributed by atoms with Gasteiger partial charge < -0.3 is 0 Å². The lowest BCUT2D eigenvalue weighted by atomic mass is 10.3. The van der Waals surface area contributed by atoms with Gasteiger partial charge in [0.2, 0.25) is 0 Å². The summed E-state index contributed by atoms with van der Waals surface area (Å²) in [7, 11) is -1.74. The molecule has 0 saturated heterocycles. The van der Waals surface area contributed by atoms with Crippen molar-refractivity contribution in [3.8, 4) is 6.07 Å². The monoisotopic (exact) mass is 268 g/mol. The highest BCUT2D eigenvalue weighted by atomic mass is 35.5. The third kappa shape index (κ3) is 5.95. The van der Waals surface area contributed by atoms with Gasteiger partial charge in [0.1, 0.15) is 6.10 Å². The van der Waals surface area contributed by atoms with E-state index in [1.165, 1.54) is 0 Å². The second-order valence-corrected chi connectivity index (χ2v) is 5.17. The number of hydroxylamine groups is 2. The van der Waals surface area contributed by atoms with Gasteiger partial charge in [0.25, 0.3) is 0 Å². The minimum Gasteiger partial charge on any atom is -0.292 e. The fraction of sp³-hybridized carbons (Fsp3) is 0.889. The van der Waals surface area contributed by atoms with Crippen LogP contribution in [-0.4, -0.2) is 23.3 Å². The number of nitrogens with zero attached hydrogens (tertiary/aromatic N) is 2. The Kier molecular flexibility index (Phi) is 8.21. The normalized spacial score (nSPS) is 15.5. The van der Waals surface area contributed by atoms with E-state index in [0.717, 1.165) is 0 Å². The third-order valence-corrected chi connectivity index (χ3v) is 2.92. The molecule has 0 aliphatic heterocycles. The van der Waals surface area contributed by atoms with Crippen LogP contribution in [0.25, 0.3) is 0 Å². The molecule has 0 rings (SSSR count). The Morgan fingerprint density at radius 1 is 1.19 bits per heavy atom. The van der Waals surface area contributed by atoms with Crippen LogP contribution < -0.4 is 0 Å². The first-order valence-electron chi connectivity index (χ1n) is 5.04. The van der Waals surface area contributed by atoms with Crippen LogP contribution in [0, 0.1) is 11.3 Å². The molecule has 7 heteroatoms. The van der Waals surface area contributed by atoms with Gasteiger partial charge in [-0.15, -0.1) is 0 Å². The Labute approximate surface area is 103 Å². The molecule has 0 aromatic carbocycles. The average molecular weight is 269 g/mol. The van der Waals surface area contributed by atoms with Crippen molar-refractivity contribution in [2.75, 3.05) is 0 Å². The van der Waals surface area contributed by atoms with E-state index in [1.807, 2.05) is 33.8 Å². The number of rotatable bonds is 7. The molecule has 0 radical (unpaired) electrons. The minimum atomic E-state index is -1.74. The van der Waals surface area contributed by atoms with Crippen molar-refractivity contribution in [1.29, 1.82) is 5.26 Å². The SMILES string of the molecule is CC(C#N)OP(OCl)ON(C(C)C)C(C)C. The molecule has 0 heterocycles. The molecule has 0 aliphatic rings. The molecule has 0 amide bonds. The minimum absolute atomic E-state index is 0.165. The van der Waals surface area contributed by atoms with Gasteiger partial charge in [-0.1, -0.05) is 0 Å². The largest absolute Gasteiger partial charge is 0.370 e. The van der Waals surface area contributed by atoms with Gasteiger partial charge in [-0.3, -0.25) is 4.52 Å². The molecule has 0 N–H and O–H groups in total. The zero-order chi connectivity index (χ0) is 12.7. The van der Waals surface area contributed by atoms with Gasteiger partial charge >= 0.3 is 8.60 Å². The molecular weight excluding hydrogens is 251 g/mol. The molecule has 0 aliphatic carbocycles. The predicted molar refractivity (Wildman–Crippen MR) is 63.2 cm³/mol. The lowest BCUT2D eigenvalue weighted by Gasteiger charge is -2.30. The second-order valence-electron chi connectivity index (χ2n) is 3.80. The number of nitriles is 1. The third-order valence-electron chi connectivity index (χ3n) is 1.66. The molecule has 2 atom stereocenters. The number of hydrogen-bond donors (Lipinski definition) is 0. The standard InChI is InChI=1S/C9H18ClN2O3P/c1-7(2)12(8(3)4)15-16(14-10)13-9(5)6-11/h7-9H,1-5H3. The molecule has 0 spiro atoms. The van der Waals surface area contributed by atoms with E-state index in [1.54, 1.807) is 12.0 Å². The smallest absolute Gasteiger partial charge is 0.292 e. The summed E-state index contributed by atoms with van der Waals surface area (Å²) < 4.78 is 15.2. The molecule has 0 aromatic heterocycles. The van der Waals surface area contributed by atoms with Crippen LogP contribution in [0.15, 0.2) is 0 Å². The summed E-state index contributed by atoms with van der Waals surface area (Å²) in [6.07, 6.45) is -0.619. The first-order valence-corrected chi connectivity index (χ1v) is 6.44. The van der Waals surface area contributed by atoms with Gasteiger partial charge in [0, 0.05) is 12.1 Å². The topological polar surface area (TPSA) is 54.7 Å². The predicted octanol–water partition coefficient (Wildman–Crippen LogP) is 3.36. The number of halogens is 1. The van der Waals surface area contributed by atoms with E-state index in [9.17, 15) is 0 Å². The first-order chi connectivity index (χ1) is 7.42. The van der Waals surface area contributed by atoms with E-state index in [-0.39, 0.29) is 12.1 Å². The molecule has 16 heavy (non-hydrogen) atoms. The van der Waals surface area contributed by atoms with Crippen molar-refractivity contribution in [3.63, 3.8) is 0 Å². The van der Waals surface area contributed by atoms with Crippen LogP contribution in [0.4, 0.5) is 0 Å². The summed E-state index contributed by atoms with van der Waals surface area (Å²) in [5, 5.41) is 10.3. The summed E-state index contributed by atoms with van der Waals surface area (Å²) in [5.41, 5.74) is 0. The summed E-state index contributed by atoms with van der Waals surface area (Å²) in [6, 6.07) is 2.25. The van der Waals surface area contributed by atoms with Gasteiger partial charge in [-0.05, 0) is 34.6 Å². The Bertz CT molecular complexity index is 227. The lowest BCUT2D eigenvalue weighted by molar-refractivity contribution is -0.121. The van der Waals surface area contributed by atoms with Crippen molar-refractivity contribution in [3.05, 3.63) is 0 Å². The average Bonchev–Trinajstić information content (AvgIpc) is 2.22. The first kappa shape index (κ1) is 16.1. The van der Waals surface area contributed by atoms with Gasteiger partial charge in [-0.25, -0.2) is 4.62 Å². The second kappa shape index (κ2) is 8.19. The summed E-state index contributed by atoms with van der Waals surface area (Å²) >= 11 is 5.26. The molecule has 0 fully saturated rings. The summed E-state index contributed by atoms with van der Waals surface area (Å²) in [6.45, 7) is 9.53. The molecule has 2 unspecified atom stereocenters. The zero-order valence-electron chi connectivity index (χ0n) is 10.2. The molecule has 5 nitrogen and oxygen atoms in total. The Hall–Kier alpha value is 0.0500. The van der Waals surface area contributed by atoms with Gasteiger partial charge in [0.15, 0.2) is 0 Å². The zero-order valence-corrected chi connectivity index (χ0v) is 11.8. The molecular formula is C9H18ClN2O3P. The fourth-order valence-electron chi connectivity index (χ4n) is 1.06. The fourth-order valence-corrected chi connectivity index (χ4v) is 2.17. The van der Waals surface area contributed by atoms with E-state index in [2.05, 4.69) is 4.08 Å².